The number of hydrogen-bond acceptors (Lipinski definition) is 2. The summed E-state index contributed by atoms with van der Waals surface area (Å²) in [4.78, 5) is 2.60. The number of rotatable bonds is 7. The van der Waals surface area contributed by atoms with E-state index < -0.39 is 0 Å². The van der Waals surface area contributed by atoms with Gasteiger partial charge in [-0.1, -0.05) is 13.3 Å². The van der Waals surface area contributed by atoms with Crippen LogP contribution in [0.4, 0.5) is 0 Å². The van der Waals surface area contributed by atoms with Gasteiger partial charge in [-0.2, -0.15) is 0 Å². The van der Waals surface area contributed by atoms with Crippen LogP contribution in [0, 0.1) is 5.92 Å². The zero-order valence-corrected chi connectivity index (χ0v) is 11.5. The van der Waals surface area contributed by atoms with Crippen molar-refractivity contribution in [1.29, 1.82) is 0 Å². The van der Waals surface area contributed by atoms with Gasteiger partial charge >= 0.3 is 0 Å². The highest BCUT2D eigenvalue weighted by Crippen LogP contribution is 2.28. The van der Waals surface area contributed by atoms with Crippen molar-refractivity contribution >= 4 is 0 Å². The molecule has 16 heavy (non-hydrogen) atoms. The van der Waals surface area contributed by atoms with Gasteiger partial charge in [-0.15, -0.1) is 0 Å². The molecule has 0 radical (unpaired) electrons. The van der Waals surface area contributed by atoms with Crippen LogP contribution in [-0.4, -0.2) is 38.1 Å². The van der Waals surface area contributed by atoms with E-state index in [0.29, 0.717) is 0 Å². The van der Waals surface area contributed by atoms with Crippen molar-refractivity contribution in [3.63, 3.8) is 0 Å². The lowest BCUT2D eigenvalue weighted by molar-refractivity contribution is 0.161. The molecule has 0 amide bonds. The summed E-state index contributed by atoms with van der Waals surface area (Å²) in [5, 5.41) is 3.22. The maximum absolute atomic E-state index is 3.22. The van der Waals surface area contributed by atoms with Gasteiger partial charge in [-0.05, 0) is 71.6 Å². The average Bonchev–Trinajstić information content (AvgIpc) is 2.34. The fraction of sp³-hybridized carbons (Fsp3) is 1.00. The molecule has 96 valence electrons. The zero-order chi connectivity index (χ0) is 11.8. The highest BCUT2D eigenvalue weighted by molar-refractivity contribution is 4.77. The van der Waals surface area contributed by atoms with E-state index in [1.165, 1.54) is 51.5 Å². The largest absolute Gasteiger partial charge is 0.320 e. The summed E-state index contributed by atoms with van der Waals surface area (Å²) < 4.78 is 0. The van der Waals surface area contributed by atoms with Crippen LogP contribution in [0.2, 0.25) is 0 Å². The number of nitrogens with one attached hydrogen (secondary N) is 1. The SMILES string of the molecule is CCC1CCC(N(C)CCCCNC)CC1. The molecule has 2 heteroatoms. The van der Waals surface area contributed by atoms with Crippen molar-refractivity contribution in [2.75, 3.05) is 27.2 Å². The Morgan fingerprint density at radius 2 is 1.81 bits per heavy atom. The molecule has 2 nitrogen and oxygen atoms in total. The lowest BCUT2D eigenvalue weighted by Crippen LogP contribution is -2.35. The summed E-state index contributed by atoms with van der Waals surface area (Å²) in [6.07, 6.45) is 9.82. The van der Waals surface area contributed by atoms with Crippen molar-refractivity contribution in [2.24, 2.45) is 5.92 Å². The molecule has 0 aliphatic heterocycles. The lowest BCUT2D eigenvalue weighted by Gasteiger charge is -2.34. The van der Waals surface area contributed by atoms with Crippen LogP contribution in [0.5, 0.6) is 0 Å². The third-order valence-electron chi connectivity index (χ3n) is 4.20. The van der Waals surface area contributed by atoms with Crippen LogP contribution in [0.15, 0.2) is 0 Å². The second kappa shape index (κ2) is 8.08. The summed E-state index contributed by atoms with van der Waals surface area (Å²) in [6.45, 7) is 4.78. The minimum absolute atomic E-state index is 0.873. The van der Waals surface area contributed by atoms with Gasteiger partial charge in [0.1, 0.15) is 0 Å². The summed E-state index contributed by atoms with van der Waals surface area (Å²) in [7, 11) is 4.35. The van der Waals surface area contributed by atoms with E-state index in [1.54, 1.807) is 0 Å². The van der Waals surface area contributed by atoms with Crippen LogP contribution < -0.4 is 5.32 Å². The first kappa shape index (κ1) is 14.0. The molecule has 1 aliphatic carbocycles. The van der Waals surface area contributed by atoms with Crippen molar-refractivity contribution in [3.05, 3.63) is 0 Å². The van der Waals surface area contributed by atoms with Crippen LogP contribution >= 0.6 is 0 Å². The van der Waals surface area contributed by atoms with E-state index in [4.69, 9.17) is 0 Å². The number of hydrogen-bond donors (Lipinski definition) is 1. The first-order valence-corrected chi connectivity index (χ1v) is 7.12. The molecule has 0 heterocycles. The summed E-state index contributed by atoms with van der Waals surface area (Å²) >= 11 is 0. The first-order chi connectivity index (χ1) is 7.77. The van der Waals surface area contributed by atoms with Crippen LogP contribution in [-0.2, 0) is 0 Å². The Morgan fingerprint density at radius 1 is 1.12 bits per heavy atom. The molecule has 0 unspecified atom stereocenters. The Labute approximate surface area is 102 Å². The molecule has 0 atom stereocenters. The molecule has 0 aromatic heterocycles. The van der Waals surface area contributed by atoms with Gasteiger partial charge in [0.15, 0.2) is 0 Å². The summed E-state index contributed by atoms with van der Waals surface area (Å²) in [5.74, 6) is 1.02. The smallest absolute Gasteiger partial charge is 0.00924 e. The predicted molar refractivity (Wildman–Crippen MR) is 71.8 cm³/mol. The lowest BCUT2D eigenvalue weighted by atomic mass is 9.84. The van der Waals surface area contributed by atoms with Crippen molar-refractivity contribution in [2.45, 2.75) is 57.9 Å². The molecular formula is C14H30N2. The Morgan fingerprint density at radius 3 is 2.38 bits per heavy atom. The van der Waals surface area contributed by atoms with E-state index in [0.717, 1.165) is 18.5 Å². The van der Waals surface area contributed by atoms with Crippen LogP contribution in [0.3, 0.4) is 0 Å². The third kappa shape index (κ3) is 4.84. The predicted octanol–water partition coefficient (Wildman–Crippen LogP) is 2.89. The average molecular weight is 226 g/mol. The van der Waals surface area contributed by atoms with Crippen LogP contribution in [0.25, 0.3) is 0 Å². The Kier molecular flexibility index (Phi) is 7.06. The van der Waals surface area contributed by atoms with Gasteiger partial charge in [0.2, 0.25) is 0 Å². The summed E-state index contributed by atoms with van der Waals surface area (Å²) in [6, 6.07) is 0.873. The van der Waals surface area contributed by atoms with Crippen LogP contribution in [0.1, 0.15) is 51.9 Å². The van der Waals surface area contributed by atoms with E-state index >= 15 is 0 Å². The minimum Gasteiger partial charge on any atom is -0.320 e. The highest BCUT2D eigenvalue weighted by atomic mass is 15.1. The quantitative estimate of drug-likeness (QED) is 0.672. The van der Waals surface area contributed by atoms with Gasteiger partial charge < -0.3 is 10.2 Å². The second-order valence-corrected chi connectivity index (χ2v) is 5.37. The molecule has 1 fully saturated rings. The molecule has 1 N–H and O–H groups in total. The standard InChI is InChI=1S/C14H30N2/c1-4-13-7-9-14(10-8-13)16(3)12-6-5-11-15-2/h13-15H,4-12H2,1-3H3. The van der Waals surface area contributed by atoms with E-state index in [-0.39, 0.29) is 0 Å². The first-order valence-electron chi connectivity index (χ1n) is 7.12. The number of unbranched alkanes of at least 4 members (excludes halogenated alkanes) is 1. The molecule has 1 rings (SSSR count). The van der Waals surface area contributed by atoms with Gasteiger partial charge in [0.25, 0.3) is 0 Å². The Bertz CT molecular complexity index is 162. The second-order valence-electron chi connectivity index (χ2n) is 5.37. The number of nitrogens with zero attached hydrogens (tertiary/aromatic N) is 1. The normalized spacial score (nSPS) is 26.2. The molecule has 0 aromatic rings. The summed E-state index contributed by atoms with van der Waals surface area (Å²) in [5.41, 5.74) is 0. The van der Waals surface area contributed by atoms with Gasteiger partial charge in [0.05, 0.1) is 0 Å². The van der Waals surface area contributed by atoms with E-state index in [2.05, 4.69) is 24.2 Å². The van der Waals surface area contributed by atoms with Gasteiger partial charge in [0, 0.05) is 6.04 Å². The highest BCUT2D eigenvalue weighted by Gasteiger charge is 2.22. The minimum atomic E-state index is 0.873. The maximum atomic E-state index is 3.22. The Balaban J connectivity index is 2.10. The molecule has 1 saturated carbocycles. The monoisotopic (exact) mass is 226 g/mol. The fourth-order valence-electron chi connectivity index (χ4n) is 2.84. The van der Waals surface area contributed by atoms with Gasteiger partial charge in [-0.3, -0.25) is 0 Å². The van der Waals surface area contributed by atoms with Gasteiger partial charge in [-0.25, -0.2) is 0 Å². The van der Waals surface area contributed by atoms with Crippen molar-refractivity contribution in [3.8, 4) is 0 Å². The molecule has 1 aliphatic rings. The molecule has 0 bridgehead atoms. The van der Waals surface area contributed by atoms with Crippen molar-refractivity contribution in [1.82, 2.24) is 10.2 Å². The van der Waals surface area contributed by atoms with E-state index in [9.17, 15) is 0 Å². The maximum Gasteiger partial charge on any atom is 0.00924 e. The molecule has 0 spiro atoms. The molecule has 0 aromatic carbocycles. The molecule has 0 saturated heterocycles. The fourth-order valence-corrected chi connectivity index (χ4v) is 2.84. The third-order valence-corrected chi connectivity index (χ3v) is 4.20. The van der Waals surface area contributed by atoms with E-state index in [1.807, 2.05) is 7.05 Å². The Hall–Kier alpha value is -0.0800. The van der Waals surface area contributed by atoms with Crippen molar-refractivity contribution < 1.29 is 0 Å². The molecular weight excluding hydrogens is 196 g/mol. The topological polar surface area (TPSA) is 15.3 Å². The zero-order valence-electron chi connectivity index (χ0n) is 11.5.